The van der Waals surface area contributed by atoms with Crippen LogP contribution in [0.1, 0.15) is 30.1 Å². The van der Waals surface area contributed by atoms with Crippen molar-refractivity contribution in [2.45, 2.75) is 25.4 Å². The van der Waals surface area contributed by atoms with Crippen LogP contribution in [0.3, 0.4) is 0 Å². The average molecular weight is 378 g/mol. The SMILES string of the molecule is COc1cc(CCCO)cc(-c2cc(C(O)CCO)cc(OC)c2O)c1O. The molecule has 27 heavy (non-hydrogen) atoms. The fourth-order valence-corrected chi connectivity index (χ4v) is 2.92. The third kappa shape index (κ3) is 4.63. The van der Waals surface area contributed by atoms with E-state index in [1.54, 1.807) is 18.2 Å². The van der Waals surface area contributed by atoms with Crippen LogP contribution in [0, 0.1) is 0 Å². The summed E-state index contributed by atoms with van der Waals surface area (Å²) in [6, 6.07) is 6.41. The Labute approximate surface area is 158 Å². The summed E-state index contributed by atoms with van der Waals surface area (Å²) in [5, 5.41) is 49.6. The average Bonchev–Trinajstić information content (AvgIpc) is 2.67. The molecular formula is C20H26O7. The van der Waals surface area contributed by atoms with Crippen molar-refractivity contribution in [1.82, 2.24) is 0 Å². The van der Waals surface area contributed by atoms with E-state index in [1.807, 2.05) is 0 Å². The Morgan fingerprint density at radius 3 is 2.00 bits per heavy atom. The number of rotatable bonds is 9. The number of aliphatic hydroxyl groups excluding tert-OH is 3. The summed E-state index contributed by atoms with van der Waals surface area (Å²) in [4.78, 5) is 0. The zero-order valence-electron chi connectivity index (χ0n) is 15.5. The molecule has 5 N–H and O–H groups in total. The molecule has 7 heteroatoms. The van der Waals surface area contributed by atoms with Crippen LogP contribution < -0.4 is 9.47 Å². The highest BCUT2D eigenvalue weighted by Gasteiger charge is 2.21. The molecule has 2 rings (SSSR count). The highest BCUT2D eigenvalue weighted by atomic mass is 16.5. The molecule has 0 spiro atoms. The van der Waals surface area contributed by atoms with Crippen LogP contribution >= 0.6 is 0 Å². The maximum atomic E-state index is 10.6. The van der Waals surface area contributed by atoms with Crippen molar-refractivity contribution in [1.29, 1.82) is 0 Å². The zero-order valence-corrected chi connectivity index (χ0v) is 15.5. The first-order valence-corrected chi connectivity index (χ1v) is 8.67. The van der Waals surface area contributed by atoms with Gasteiger partial charge in [-0.15, -0.1) is 0 Å². The molecule has 0 aliphatic heterocycles. The van der Waals surface area contributed by atoms with Gasteiger partial charge in [-0.1, -0.05) is 0 Å². The van der Waals surface area contributed by atoms with Crippen molar-refractivity contribution in [3.63, 3.8) is 0 Å². The maximum Gasteiger partial charge on any atom is 0.165 e. The summed E-state index contributed by atoms with van der Waals surface area (Å²) in [7, 11) is 2.82. The Kier molecular flexibility index (Phi) is 7.29. The summed E-state index contributed by atoms with van der Waals surface area (Å²) in [5.74, 6) is 0.0317. The van der Waals surface area contributed by atoms with E-state index in [4.69, 9.17) is 19.7 Å². The predicted octanol–water partition coefficient (Wildman–Crippen LogP) is 2.12. The summed E-state index contributed by atoms with van der Waals surface area (Å²) in [6.07, 6.45) is 0.270. The molecule has 0 aliphatic carbocycles. The van der Waals surface area contributed by atoms with Crippen molar-refractivity contribution in [2.75, 3.05) is 27.4 Å². The van der Waals surface area contributed by atoms with E-state index in [9.17, 15) is 15.3 Å². The lowest BCUT2D eigenvalue weighted by molar-refractivity contribution is 0.134. The van der Waals surface area contributed by atoms with Gasteiger partial charge < -0.3 is 35.0 Å². The third-order valence-corrected chi connectivity index (χ3v) is 4.37. The molecule has 0 aliphatic rings. The minimum absolute atomic E-state index is 0.0282. The Balaban J connectivity index is 2.66. The van der Waals surface area contributed by atoms with Crippen LogP contribution in [-0.4, -0.2) is 53.0 Å². The third-order valence-electron chi connectivity index (χ3n) is 4.37. The van der Waals surface area contributed by atoms with Gasteiger partial charge in [0.25, 0.3) is 0 Å². The molecular weight excluding hydrogens is 352 g/mol. The predicted molar refractivity (Wildman–Crippen MR) is 100 cm³/mol. The largest absolute Gasteiger partial charge is 0.504 e. The van der Waals surface area contributed by atoms with Crippen LogP contribution in [0.15, 0.2) is 24.3 Å². The van der Waals surface area contributed by atoms with E-state index in [2.05, 4.69) is 0 Å². The molecule has 1 unspecified atom stereocenters. The lowest BCUT2D eigenvalue weighted by Crippen LogP contribution is -2.02. The van der Waals surface area contributed by atoms with Crippen molar-refractivity contribution < 1.29 is 35.0 Å². The Bertz CT molecular complexity index is 773. The van der Waals surface area contributed by atoms with Gasteiger partial charge >= 0.3 is 0 Å². The Morgan fingerprint density at radius 1 is 0.852 bits per heavy atom. The molecule has 2 aromatic rings. The van der Waals surface area contributed by atoms with Crippen LogP contribution in [-0.2, 0) is 6.42 Å². The van der Waals surface area contributed by atoms with Crippen LogP contribution in [0.4, 0.5) is 0 Å². The van der Waals surface area contributed by atoms with Gasteiger partial charge in [0.15, 0.2) is 23.0 Å². The minimum Gasteiger partial charge on any atom is -0.504 e. The molecule has 0 bridgehead atoms. The molecule has 0 radical (unpaired) electrons. The molecule has 0 aromatic heterocycles. The maximum absolute atomic E-state index is 10.6. The van der Waals surface area contributed by atoms with Crippen molar-refractivity contribution >= 4 is 0 Å². The number of aliphatic hydroxyl groups is 3. The molecule has 2 aromatic carbocycles. The van der Waals surface area contributed by atoms with Crippen LogP contribution in [0.5, 0.6) is 23.0 Å². The number of hydrogen-bond acceptors (Lipinski definition) is 7. The van der Waals surface area contributed by atoms with E-state index in [0.29, 0.717) is 24.0 Å². The second-order valence-electron chi connectivity index (χ2n) is 6.17. The number of phenolic OH excluding ortho intramolecular Hbond substituents is 2. The van der Waals surface area contributed by atoms with Gasteiger partial charge in [0.05, 0.1) is 20.3 Å². The van der Waals surface area contributed by atoms with Gasteiger partial charge in [0, 0.05) is 30.8 Å². The Morgan fingerprint density at radius 2 is 1.44 bits per heavy atom. The standard InChI is InChI=1S/C20H26O7/c1-26-17-9-12(4-3-6-21)8-14(19(17)24)15-10-13(16(23)5-7-22)11-18(27-2)20(15)25/h8-11,16,21-25H,3-7H2,1-2H3. The quantitative estimate of drug-likeness (QED) is 0.453. The second-order valence-corrected chi connectivity index (χ2v) is 6.17. The fraction of sp³-hybridized carbons (Fsp3) is 0.400. The number of ether oxygens (including phenoxy) is 2. The number of benzene rings is 2. The van der Waals surface area contributed by atoms with Gasteiger partial charge in [-0.05, 0) is 48.2 Å². The second kappa shape index (κ2) is 9.45. The van der Waals surface area contributed by atoms with Crippen LogP contribution in [0.2, 0.25) is 0 Å². The first kappa shape index (κ1) is 20.8. The summed E-state index contributed by atoms with van der Waals surface area (Å²) < 4.78 is 10.4. The van der Waals surface area contributed by atoms with E-state index >= 15 is 0 Å². The van der Waals surface area contributed by atoms with Gasteiger partial charge in [-0.2, -0.15) is 0 Å². The monoisotopic (exact) mass is 378 g/mol. The highest BCUT2D eigenvalue weighted by Crippen LogP contribution is 2.46. The molecule has 0 saturated heterocycles. The first-order valence-electron chi connectivity index (χ1n) is 8.67. The van der Waals surface area contributed by atoms with E-state index in [-0.39, 0.29) is 48.2 Å². The van der Waals surface area contributed by atoms with Crippen molar-refractivity contribution in [2.24, 2.45) is 0 Å². The van der Waals surface area contributed by atoms with Gasteiger partial charge in [0.2, 0.25) is 0 Å². The summed E-state index contributed by atoms with van der Waals surface area (Å²) >= 11 is 0. The molecule has 0 amide bonds. The summed E-state index contributed by atoms with van der Waals surface area (Å²) in [5.41, 5.74) is 1.83. The van der Waals surface area contributed by atoms with Crippen LogP contribution in [0.25, 0.3) is 11.1 Å². The van der Waals surface area contributed by atoms with Crippen molar-refractivity contribution in [3.8, 4) is 34.1 Å². The number of phenols is 2. The van der Waals surface area contributed by atoms with Gasteiger partial charge in [0.1, 0.15) is 0 Å². The molecule has 0 heterocycles. The normalized spacial score (nSPS) is 12.0. The number of aryl methyl sites for hydroxylation is 1. The van der Waals surface area contributed by atoms with E-state index in [0.717, 1.165) is 5.56 Å². The molecule has 0 fully saturated rings. The number of hydrogen-bond donors (Lipinski definition) is 5. The molecule has 7 nitrogen and oxygen atoms in total. The Hall–Kier alpha value is -2.48. The molecule has 1 atom stereocenters. The van der Waals surface area contributed by atoms with Gasteiger partial charge in [-0.25, -0.2) is 0 Å². The fourth-order valence-electron chi connectivity index (χ4n) is 2.92. The van der Waals surface area contributed by atoms with E-state index in [1.165, 1.54) is 20.3 Å². The highest BCUT2D eigenvalue weighted by molar-refractivity contribution is 5.81. The first-order chi connectivity index (χ1) is 13.0. The lowest BCUT2D eigenvalue weighted by atomic mass is 9.94. The smallest absolute Gasteiger partial charge is 0.165 e. The summed E-state index contributed by atoms with van der Waals surface area (Å²) in [6.45, 7) is -0.171. The number of methoxy groups -OCH3 is 2. The topological polar surface area (TPSA) is 120 Å². The molecule has 0 saturated carbocycles. The van der Waals surface area contributed by atoms with Gasteiger partial charge in [-0.3, -0.25) is 0 Å². The minimum atomic E-state index is -0.954. The lowest BCUT2D eigenvalue weighted by Gasteiger charge is -2.18. The number of aromatic hydroxyl groups is 2. The zero-order chi connectivity index (χ0) is 20.0. The van der Waals surface area contributed by atoms with E-state index < -0.39 is 6.10 Å². The molecule has 148 valence electrons. The van der Waals surface area contributed by atoms with Crippen molar-refractivity contribution in [3.05, 3.63) is 35.4 Å².